The summed E-state index contributed by atoms with van der Waals surface area (Å²) in [6, 6.07) is 1.94. The highest BCUT2D eigenvalue weighted by atomic mass is 15.3. The van der Waals surface area contributed by atoms with Crippen LogP contribution in [0.15, 0.2) is 12.3 Å². The van der Waals surface area contributed by atoms with E-state index in [0.29, 0.717) is 0 Å². The number of hydrogen-bond acceptors (Lipinski definition) is 4. The van der Waals surface area contributed by atoms with Crippen LogP contribution in [-0.2, 0) is 0 Å². The highest BCUT2D eigenvalue weighted by Gasteiger charge is 2.25. The first-order chi connectivity index (χ1) is 7.57. The molecule has 0 unspecified atom stereocenters. The van der Waals surface area contributed by atoms with Gasteiger partial charge in [0.25, 0.3) is 0 Å². The van der Waals surface area contributed by atoms with Crippen LogP contribution in [0, 0.1) is 12.3 Å². The van der Waals surface area contributed by atoms with Gasteiger partial charge in [-0.25, -0.2) is 9.97 Å². The summed E-state index contributed by atoms with van der Waals surface area (Å²) in [6.45, 7) is 10.6. The Morgan fingerprint density at radius 2 is 2.25 bits per heavy atom. The van der Waals surface area contributed by atoms with Crippen LogP contribution in [0.3, 0.4) is 0 Å². The molecule has 1 aromatic rings. The van der Waals surface area contributed by atoms with Gasteiger partial charge in [-0.05, 0) is 18.4 Å². The second kappa shape index (κ2) is 4.37. The predicted octanol–water partition coefficient (Wildman–Crippen LogP) is 1.22. The minimum atomic E-state index is 0.267. The van der Waals surface area contributed by atoms with Crippen molar-refractivity contribution in [2.24, 2.45) is 5.41 Å². The van der Waals surface area contributed by atoms with Crippen LogP contribution in [0.25, 0.3) is 0 Å². The molecule has 1 aliphatic rings. The van der Waals surface area contributed by atoms with E-state index in [2.05, 4.69) is 34.0 Å². The molecule has 0 radical (unpaired) electrons. The largest absolute Gasteiger partial charge is 0.339 e. The summed E-state index contributed by atoms with van der Waals surface area (Å²) in [7, 11) is 0. The smallest absolute Gasteiger partial charge is 0.225 e. The molecule has 0 amide bonds. The summed E-state index contributed by atoms with van der Waals surface area (Å²) < 4.78 is 0. The number of aryl methyl sites for hydroxylation is 1. The van der Waals surface area contributed by atoms with Crippen molar-refractivity contribution in [1.82, 2.24) is 15.3 Å². The first-order valence-electron chi connectivity index (χ1n) is 5.82. The quantitative estimate of drug-likeness (QED) is 0.772. The predicted molar refractivity (Wildman–Crippen MR) is 65.6 cm³/mol. The molecule has 88 valence electrons. The van der Waals surface area contributed by atoms with Gasteiger partial charge in [0.2, 0.25) is 5.95 Å². The Morgan fingerprint density at radius 1 is 1.44 bits per heavy atom. The summed E-state index contributed by atoms with van der Waals surface area (Å²) in [5.41, 5.74) is 1.30. The molecule has 1 N–H and O–H groups in total. The minimum absolute atomic E-state index is 0.267. The number of nitrogens with zero attached hydrogens (tertiary/aromatic N) is 3. The van der Waals surface area contributed by atoms with Gasteiger partial charge in [-0.3, -0.25) is 0 Å². The van der Waals surface area contributed by atoms with Gasteiger partial charge >= 0.3 is 0 Å². The van der Waals surface area contributed by atoms with Gasteiger partial charge in [0, 0.05) is 38.1 Å². The molecule has 16 heavy (non-hydrogen) atoms. The number of anilines is 1. The number of aromatic nitrogens is 2. The molecule has 0 atom stereocenters. The first kappa shape index (κ1) is 11.3. The van der Waals surface area contributed by atoms with Crippen LogP contribution in [0.2, 0.25) is 0 Å². The van der Waals surface area contributed by atoms with Crippen LogP contribution in [0.4, 0.5) is 5.95 Å². The Hall–Kier alpha value is -1.16. The first-order valence-corrected chi connectivity index (χ1v) is 5.82. The van der Waals surface area contributed by atoms with Crippen LogP contribution in [-0.4, -0.2) is 36.1 Å². The molecule has 1 aliphatic heterocycles. The van der Waals surface area contributed by atoms with Crippen LogP contribution in [0.5, 0.6) is 0 Å². The SMILES string of the molecule is Cc1ccnc(N2CCNCC(C)(C)C2)n1. The van der Waals surface area contributed by atoms with Crippen molar-refractivity contribution in [2.75, 3.05) is 31.1 Å². The Labute approximate surface area is 97.1 Å². The van der Waals surface area contributed by atoms with E-state index in [1.54, 1.807) is 0 Å². The Morgan fingerprint density at radius 3 is 3.00 bits per heavy atom. The van der Waals surface area contributed by atoms with E-state index in [4.69, 9.17) is 0 Å². The number of rotatable bonds is 1. The maximum absolute atomic E-state index is 4.49. The molecule has 0 aliphatic carbocycles. The Bertz CT molecular complexity index is 362. The van der Waals surface area contributed by atoms with Gasteiger partial charge in [-0.15, -0.1) is 0 Å². The molecule has 1 aromatic heterocycles. The molecule has 1 fully saturated rings. The molecule has 1 saturated heterocycles. The third-order valence-corrected chi connectivity index (χ3v) is 2.85. The van der Waals surface area contributed by atoms with Crippen molar-refractivity contribution in [3.05, 3.63) is 18.0 Å². The van der Waals surface area contributed by atoms with Gasteiger partial charge in [0.05, 0.1) is 0 Å². The fourth-order valence-electron chi connectivity index (χ4n) is 2.05. The standard InChI is InChI=1S/C12H20N4/c1-10-4-5-14-11(15-10)16-7-6-13-8-12(2,3)9-16/h4-5,13H,6-9H2,1-3H3. The third kappa shape index (κ3) is 2.70. The lowest BCUT2D eigenvalue weighted by Crippen LogP contribution is -2.36. The van der Waals surface area contributed by atoms with Gasteiger partial charge in [-0.1, -0.05) is 13.8 Å². The van der Waals surface area contributed by atoms with E-state index in [1.807, 2.05) is 19.2 Å². The Balaban J connectivity index is 2.19. The zero-order chi connectivity index (χ0) is 11.6. The molecule has 4 nitrogen and oxygen atoms in total. The van der Waals surface area contributed by atoms with Crippen molar-refractivity contribution < 1.29 is 0 Å². The molecular weight excluding hydrogens is 200 g/mol. The average molecular weight is 220 g/mol. The summed E-state index contributed by atoms with van der Waals surface area (Å²) >= 11 is 0. The molecule has 0 spiro atoms. The highest BCUT2D eigenvalue weighted by molar-refractivity contribution is 5.31. The van der Waals surface area contributed by atoms with Crippen LogP contribution >= 0.6 is 0 Å². The lowest BCUT2D eigenvalue weighted by Gasteiger charge is -2.29. The van der Waals surface area contributed by atoms with Gasteiger partial charge in [0.15, 0.2) is 0 Å². The van der Waals surface area contributed by atoms with Crippen molar-refractivity contribution >= 4 is 5.95 Å². The van der Waals surface area contributed by atoms with Crippen molar-refractivity contribution in [3.63, 3.8) is 0 Å². The molecule has 0 bridgehead atoms. The van der Waals surface area contributed by atoms with Gasteiger partial charge in [0.1, 0.15) is 0 Å². The van der Waals surface area contributed by atoms with E-state index in [1.165, 1.54) is 0 Å². The highest BCUT2D eigenvalue weighted by Crippen LogP contribution is 2.20. The zero-order valence-electron chi connectivity index (χ0n) is 10.3. The van der Waals surface area contributed by atoms with E-state index in [9.17, 15) is 0 Å². The molecule has 2 rings (SSSR count). The van der Waals surface area contributed by atoms with Gasteiger partial charge in [-0.2, -0.15) is 0 Å². The van der Waals surface area contributed by atoms with E-state index < -0.39 is 0 Å². The Kier molecular flexibility index (Phi) is 3.10. The maximum Gasteiger partial charge on any atom is 0.225 e. The molecule has 2 heterocycles. The summed E-state index contributed by atoms with van der Waals surface area (Å²) in [5.74, 6) is 0.858. The number of nitrogens with one attached hydrogen (secondary N) is 1. The minimum Gasteiger partial charge on any atom is -0.339 e. The fraction of sp³-hybridized carbons (Fsp3) is 0.667. The van der Waals surface area contributed by atoms with Crippen LogP contribution < -0.4 is 10.2 Å². The lowest BCUT2D eigenvalue weighted by molar-refractivity contribution is 0.369. The van der Waals surface area contributed by atoms with Crippen molar-refractivity contribution in [3.8, 4) is 0 Å². The molecular formula is C12H20N4. The van der Waals surface area contributed by atoms with Crippen molar-refractivity contribution in [2.45, 2.75) is 20.8 Å². The van der Waals surface area contributed by atoms with E-state index in [-0.39, 0.29) is 5.41 Å². The fourth-order valence-corrected chi connectivity index (χ4v) is 2.05. The van der Waals surface area contributed by atoms with Gasteiger partial charge < -0.3 is 10.2 Å². The van der Waals surface area contributed by atoms with Crippen LogP contribution in [0.1, 0.15) is 19.5 Å². The summed E-state index contributed by atoms with van der Waals surface area (Å²) in [6.07, 6.45) is 1.84. The van der Waals surface area contributed by atoms with E-state index >= 15 is 0 Å². The summed E-state index contributed by atoms with van der Waals surface area (Å²) in [5, 5.41) is 3.45. The molecule has 0 aromatic carbocycles. The average Bonchev–Trinajstić information content (AvgIpc) is 2.39. The second-order valence-corrected chi connectivity index (χ2v) is 5.26. The third-order valence-electron chi connectivity index (χ3n) is 2.85. The molecule has 4 heteroatoms. The topological polar surface area (TPSA) is 41.1 Å². The van der Waals surface area contributed by atoms with E-state index in [0.717, 1.165) is 37.8 Å². The second-order valence-electron chi connectivity index (χ2n) is 5.26. The molecule has 0 saturated carbocycles. The lowest BCUT2D eigenvalue weighted by atomic mass is 9.93. The summed E-state index contributed by atoms with van der Waals surface area (Å²) in [4.78, 5) is 11.1. The van der Waals surface area contributed by atoms with Crippen molar-refractivity contribution in [1.29, 1.82) is 0 Å². The monoisotopic (exact) mass is 220 g/mol. The number of hydrogen-bond donors (Lipinski definition) is 1. The maximum atomic E-state index is 4.49. The zero-order valence-corrected chi connectivity index (χ0v) is 10.3. The normalized spacial score (nSPS) is 20.6.